The van der Waals surface area contributed by atoms with Gasteiger partial charge in [-0.25, -0.2) is 0 Å². The van der Waals surface area contributed by atoms with Crippen molar-refractivity contribution in [3.05, 3.63) is 0 Å². The van der Waals surface area contributed by atoms with Crippen LogP contribution in [0.5, 0.6) is 0 Å². The van der Waals surface area contributed by atoms with Gasteiger partial charge in [-0.05, 0) is 57.5 Å². The van der Waals surface area contributed by atoms with E-state index in [1.165, 1.54) is 25.7 Å². The molecule has 1 aliphatic heterocycles. The van der Waals surface area contributed by atoms with Crippen LogP contribution in [-0.4, -0.2) is 51.8 Å². The second kappa shape index (κ2) is 5.66. The van der Waals surface area contributed by atoms with Gasteiger partial charge in [-0.2, -0.15) is 0 Å². The molecule has 3 fully saturated rings. The zero-order valence-electron chi connectivity index (χ0n) is 12.2. The van der Waals surface area contributed by atoms with Gasteiger partial charge >= 0.3 is 0 Å². The van der Waals surface area contributed by atoms with Crippen molar-refractivity contribution in [2.75, 3.05) is 19.6 Å². The molecule has 2 saturated carbocycles. The Hall–Kier alpha value is 0.01000. The minimum atomic E-state index is -0.450. The first-order valence-corrected chi connectivity index (χ1v) is 8.62. The van der Waals surface area contributed by atoms with Crippen molar-refractivity contribution in [2.45, 2.75) is 61.9 Å². The normalized spacial score (nSPS) is 32.4. The van der Waals surface area contributed by atoms with E-state index < -0.39 is 4.33 Å². The number of rotatable bonds is 6. The highest BCUT2D eigenvalue weighted by atomic mass is 35.5. The van der Waals surface area contributed by atoms with Crippen LogP contribution < -0.4 is 0 Å². The van der Waals surface area contributed by atoms with Gasteiger partial charge in [0.2, 0.25) is 5.91 Å². The van der Waals surface area contributed by atoms with Gasteiger partial charge in [0, 0.05) is 25.6 Å². The van der Waals surface area contributed by atoms with Crippen molar-refractivity contribution in [1.82, 2.24) is 9.80 Å². The predicted octanol–water partition coefficient (Wildman–Crippen LogP) is 3.05. The van der Waals surface area contributed by atoms with Crippen LogP contribution in [0.15, 0.2) is 0 Å². The summed E-state index contributed by atoms with van der Waals surface area (Å²) in [6.07, 6.45) is 6.88. The molecule has 0 aromatic carbocycles. The van der Waals surface area contributed by atoms with E-state index in [2.05, 4.69) is 9.80 Å². The molecule has 2 aliphatic carbocycles. The second-order valence-corrected chi connectivity index (χ2v) is 8.23. The summed E-state index contributed by atoms with van der Waals surface area (Å²) in [4.78, 5) is 16.4. The minimum Gasteiger partial charge on any atom is -0.338 e. The predicted molar refractivity (Wildman–Crippen MR) is 82.2 cm³/mol. The summed E-state index contributed by atoms with van der Waals surface area (Å²) >= 11 is 12.2. The lowest BCUT2D eigenvalue weighted by Crippen LogP contribution is -2.43. The molecular formula is C15H24Cl2N2O. The molecule has 0 unspecified atom stereocenters. The summed E-state index contributed by atoms with van der Waals surface area (Å²) in [6.45, 7) is 4.85. The molecule has 0 bridgehead atoms. The van der Waals surface area contributed by atoms with Crippen LogP contribution >= 0.6 is 23.2 Å². The number of carbonyl (C=O) groups is 1. The van der Waals surface area contributed by atoms with Crippen molar-refractivity contribution in [3.63, 3.8) is 0 Å². The van der Waals surface area contributed by atoms with E-state index in [1.54, 1.807) is 6.92 Å². The number of hydrogen-bond acceptors (Lipinski definition) is 2. The number of likely N-dealkylation sites (tertiary alicyclic amines) is 1. The van der Waals surface area contributed by atoms with Crippen molar-refractivity contribution in [1.29, 1.82) is 0 Å². The number of alkyl halides is 2. The Morgan fingerprint density at radius 1 is 1.35 bits per heavy atom. The van der Waals surface area contributed by atoms with Gasteiger partial charge < -0.3 is 4.90 Å². The lowest BCUT2D eigenvalue weighted by atomic mass is 10.2. The average Bonchev–Trinajstić information content (AvgIpc) is 3.25. The van der Waals surface area contributed by atoms with Gasteiger partial charge in [0.15, 0.2) is 0 Å². The molecule has 3 rings (SSSR count). The van der Waals surface area contributed by atoms with E-state index in [0.29, 0.717) is 18.0 Å². The van der Waals surface area contributed by atoms with Gasteiger partial charge in [0.05, 0.1) is 0 Å². The van der Waals surface area contributed by atoms with E-state index in [9.17, 15) is 4.79 Å². The zero-order chi connectivity index (χ0) is 14.3. The molecular weight excluding hydrogens is 295 g/mol. The van der Waals surface area contributed by atoms with E-state index in [4.69, 9.17) is 23.2 Å². The number of hydrogen-bond donors (Lipinski definition) is 0. The molecule has 0 aromatic heterocycles. The molecule has 5 heteroatoms. The second-order valence-electron chi connectivity index (χ2n) is 6.69. The van der Waals surface area contributed by atoms with Crippen LogP contribution in [-0.2, 0) is 4.79 Å². The Morgan fingerprint density at radius 2 is 2.05 bits per heavy atom. The molecule has 3 nitrogen and oxygen atoms in total. The third-order valence-corrected chi connectivity index (χ3v) is 5.94. The molecule has 0 N–H and O–H groups in total. The smallest absolute Gasteiger partial charge is 0.219 e. The van der Waals surface area contributed by atoms with E-state index >= 15 is 0 Å². The van der Waals surface area contributed by atoms with E-state index in [0.717, 1.165) is 32.5 Å². The average molecular weight is 319 g/mol. The third kappa shape index (κ3) is 3.42. The fourth-order valence-electron chi connectivity index (χ4n) is 3.45. The number of amides is 1. The molecule has 1 saturated heterocycles. The zero-order valence-corrected chi connectivity index (χ0v) is 13.7. The maximum atomic E-state index is 11.8. The van der Waals surface area contributed by atoms with Crippen molar-refractivity contribution < 1.29 is 4.79 Å². The maximum Gasteiger partial charge on any atom is 0.219 e. The molecule has 0 aromatic rings. The van der Waals surface area contributed by atoms with E-state index in [1.807, 2.05) is 0 Å². The SMILES string of the molecule is CC(=O)N(C[C@@H]1CCCN1CC[C@@H]1CC1(Cl)Cl)C1CC1. The number of halogens is 2. The molecule has 0 radical (unpaired) electrons. The summed E-state index contributed by atoms with van der Waals surface area (Å²) in [5, 5.41) is 0. The largest absolute Gasteiger partial charge is 0.338 e. The number of carbonyl (C=O) groups excluding carboxylic acids is 1. The quantitative estimate of drug-likeness (QED) is 0.703. The fraction of sp³-hybridized carbons (Fsp3) is 0.933. The molecule has 114 valence electrons. The lowest BCUT2D eigenvalue weighted by molar-refractivity contribution is -0.130. The summed E-state index contributed by atoms with van der Waals surface area (Å²) < 4.78 is -0.450. The van der Waals surface area contributed by atoms with Crippen LogP contribution in [0.2, 0.25) is 0 Å². The highest BCUT2D eigenvalue weighted by Crippen LogP contribution is 2.55. The third-order valence-electron chi connectivity index (χ3n) is 5.02. The van der Waals surface area contributed by atoms with Gasteiger partial charge in [0.1, 0.15) is 4.33 Å². The standard InChI is InChI=1S/C15H24Cl2N2O/c1-11(20)19(13-4-5-13)10-14-3-2-7-18(14)8-6-12-9-15(12,16)17/h12-14H,2-10H2,1H3/t12-,14+/m1/s1. The lowest BCUT2D eigenvalue weighted by Gasteiger charge is -2.30. The maximum absolute atomic E-state index is 11.8. The first kappa shape index (κ1) is 14.9. The topological polar surface area (TPSA) is 23.6 Å². The van der Waals surface area contributed by atoms with Gasteiger partial charge in [0.25, 0.3) is 0 Å². The Kier molecular flexibility index (Phi) is 4.22. The highest BCUT2D eigenvalue weighted by Gasteiger charge is 2.51. The Labute approximate surface area is 131 Å². The minimum absolute atomic E-state index is 0.238. The Morgan fingerprint density at radius 3 is 2.60 bits per heavy atom. The first-order chi connectivity index (χ1) is 9.47. The summed E-state index contributed by atoms with van der Waals surface area (Å²) in [7, 11) is 0. The van der Waals surface area contributed by atoms with Crippen LogP contribution in [0, 0.1) is 5.92 Å². The fourth-order valence-corrected chi connectivity index (χ4v) is 4.04. The highest BCUT2D eigenvalue weighted by molar-refractivity contribution is 6.50. The molecule has 20 heavy (non-hydrogen) atoms. The number of nitrogens with zero attached hydrogens (tertiary/aromatic N) is 2. The molecule has 0 spiro atoms. The van der Waals surface area contributed by atoms with Gasteiger partial charge in [-0.15, -0.1) is 23.2 Å². The molecule has 1 heterocycles. The summed E-state index contributed by atoms with van der Waals surface area (Å²) in [6, 6.07) is 1.06. The molecule has 3 aliphatic rings. The van der Waals surface area contributed by atoms with Gasteiger partial charge in [-0.1, -0.05) is 0 Å². The van der Waals surface area contributed by atoms with Crippen LogP contribution in [0.1, 0.15) is 45.4 Å². The summed E-state index contributed by atoms with van der Waals surface area (Å²) in [5.74, 6) is 0.710. The molecule has 2 atom stereocenters. The van der Waals surface area contributed by atoms with Crippen molar-refractivity contribution in [3.8, 4) is 0 Å². The monoisotopic (exact) mass is 318 g/mol. The van der Waals surface area contributed by atoms with Crippen LogP contribution in [0.4, 0.5) is 0 Å². The first-order valence-electron chi connectivity index (χ1n) is 7.86. The van der Waals surface area contributed by atoms with E-state index in [-0.39, 0.29) is 5.91 Å². The molecule has 1 amide bonds. The Bertz CT molecular complexity index is 384. The van der Waals surface area contributed by atoms with Crippen molar-refractivity contribution in [2.24, 2.45) is 5.92 Å². The van der Waals surface area contributed by atoms with Crippen LogP contribution in [0.3, 0.4) is 0 Å². The Balaban J connectivity index is 1.48. The van der Waals surface area contributed by atoms with Gasteiger partial charge in [-0.3, -0.25) is 9.69 Å². The summed E-state index contributed by atoms with van der Waals surface area (Å²) in [5.41, 5.74) is 0. The van der Waals surface area contributed by atoms with Crippen LogP contribution in [0.25, 0.3) is 0 Å². The van der Waals surface area contributed by atoms with Crippen molar-refractivity contribution >= 4 is 29.1 Å².